The first-order valence-corrected chi connectivity index (χ1v) is 16.3. The third-order valence-electron chi connectivity index (χ3n) is 6.54. The first kappa shape index (κ1) is 22.8. The molecule has 3 heteroatoms. The number of halogens is 2. The van der Waals surface area contributed by atoms with Gasteiger partial charge in [-0.05, 0) is 0 Å². The van der Waals surface area contributed by atoms with Gasteiger partial charge in [0.15, 0.2) is 0 Å². The predicted octanol–water partition coefficient (Wildman–Crippen LogP) is 7.74. The largest absolute Gasteiger partial charge is 0.147 e. The summed E-state index contributed by atoms with van der Waals surface area (Å²) in [5, 5.41) is 0. The van der Waals surface area contributed by atoms with Crippen LogP contribution in [0, 0.1) is 0 Å². The van der Waals surface area contributed by atoms with Gasteiger partial charge in [-0.25, -0.2) is 0 Å². The Bertz CT molecular complexity index is 869. The Morgan fingerprint density at radius 3 is 2.37 bits per heavy atom. The average molecular weight is 482 g/mol. The number of hydrogen-bond acceptors (Lipinski definition) is 0. The molecule has 3 aliphatic carbocycles. The molecule has 2 unspecified atom stereocenters. The van der Waals surface area contributed by atoms with Gasteiger partial charge in [0, 0.05) is 0 Å². The van der Waals surface area contributed by atoms with Crippen LogP contribution in [-0.4, -0.2) is 3.71 Å². The molecule has 0 fully saturated rings. The summed E-state index contributed by atoms with van der Waals surface area (Å²) in [6, 6.07) is 11.1. The summed E-state index contributed by atoms with van der Waals surface area (Å²) in [6.45, 7) is 4.62. The monoisotopic (exact) mass is 479 g/mol. The molecule has 0 heterocycles. The molecule has 0 spiro atoms. The van der Waals surface area contributed by atoms with Crippen molar-refractivity contribution in [1.82, 2.24) is 0 Å². The summed E-state index contributed by atoms with van der Waals surface area (Å²) in [4.78, 5) is 0. The van der Waals surface area contributed by atoms with E-state index in [0.717, 1.165) is 3.63 Å². The maximum absolute atomic E-state index is 2.74. The minimum absolute atomic E-state index is 0. The fourth-order valence-electron chi connectivity index (χ4n) is 4.87. The second-order valence-electron chi connectivity index (χ2n) is 8.24. The van der Waals surface area contributed by atoms with Gasteiger partial charge in [0.25, 0.3) is 0 Å². The molecule has 0 aliphatic heterocycles. The average Bonchev–Trinajstić information content (AvgIpc) is 3.20. The van der Waals surface area contributed by atoms with Crippen LogP contribution in [0.3, 0.4) is 0 Å². The fraction of sp³-hybridized carbons (Fsp3) is 0.375. The van der Waals surface area contributed by atoms with Crippen LogP contribution in [0.1, 0.15) is 51.5 Å². The molecular weight excluding hydrogens is 450 g/mol. The van der Waals surface area contributed by atoms with Crippen LogP contribution < -0.4 is 0 Å². The van der Waals surface area contributed by atoms with Crippen LogP contribution >= 0.6 is 24.8 Å². The summed E-state index contributed by atoms with van der Waals surface area (Å²) in [7, 11) is 0. The number of hydrogen-bond donors (Lipinski definition) is 0. The van der Waals surface area contributed by atoms with Crippen LogP contribution in [0.5, 0.6) is 0 Å². The summed E-state index contributed by atoms with van der Waals surface area (Å²) in [5.74, 6) is 0. The molecule has 4 rings (SSSR count). The Balaban J connectivity index is 0.00000131. The second kappa shape index (κ2) is 9.34. The molecular formula is C24H31Cl2Zr. The third kappa shape index (κ3) is 4.42. The van der Waals surface area contributed by atoms with Crippen molar-refractivity contribution in [3.63, 3.8) is 0 Å². The molecule has 0 N–H and O–H groups in total. The minimum atomic E-state index is -2.70. The maximum Gasteiger partial charge on any atom is -0.147 e. The predicted molar refractivity (Wildman–Crippen MR) is 121 cm³/mol. The van der Waals surface area contributed by atoms with E-state index in [2.05, 4.69) is 70.7 Å². The van der Waals surface area contributed by atoms with Crippen molar-refractivity contribution < 1.29 is 19.8 Å². The van der Waals surface area contributed by atoms with Crippen molar-refractivity contribution >= 4 is 28.5 Å². The van der Waals surface area contributed by atoms with Crippen molar-refractivity contribution in [3.8, 4) is 0 Å². The molecule has 0 saturated carbocycles. The molecule has 3 aliphatic rings. The standard InChI is InChI=1S/C9H11.C7H9.C7H6.CH3.2ClH.Zr/c1-2-5-9-7-3-6-8(9)4-1;1-6-4-3-5-7(6)2;1-7-5-3-2-4-6-7;;;;/h3,6-7H,1-2,4-5H2;4H,5H2,1-2H3;1-6H;1H3;2*1H;. The van der Waals surface area contributed by atoms with E-state index in [1.165, 1.54) is 43.2 Å². The maximum atomic E-state index is 2.74. The summed E-state index contributed by atoms with van der Waals surface area (Å²) in [5.41, 5.74) is 8.01. The van der Waals surface area contributed by atoms with Crippen LogP contribution in [-0.2, 0) is 19.8 Å². The van der Waals surface area contributed by atoms with Gasteiger partial charge >= 0.3 is 157 Å². The van der Waals surface area contributed by atoms with Gasteiger partial charge in [-0.3, -0.25) is 0 Å². The Morgan fingerprint density at radius 2 is 1.70 bits per heavy atom. The van der Waals surface area contributed by atoms with Gasteiger partial charge in [-0.15, -0.1) is 24.8 Å². The summed E-state index contributed by atoms with van der Waals surface area (Å²) >= 11 is -2.70. The minimum Gasteiger partial charge on any atom is -0.147 e. The van der Waals surface area contributed by atoms with Crippen LogP contribution in [0.25, 0.3) is 0 Å². The van der Waals surface area contributed by atoms with E-state index in [4.69, 9.17) is 0 Å². The van der Waals surface area contributed by atoms with Gasteiger partial charge in [0.2, 0.25) is 0 Å². The zero-order chi connectivity index (χ0) is 17.4. The SMILES string of the molecule is CC1=C(C)C[C]([Zr]([CH3])(=[CH]c2ccccc2)[CH]2C=CC3=C2CCCC3)=C1.Cl.Cl. The van der Waals surface area contributed by atoms with Crippen LogP contribution in [0.4, 0.5) is 0 Å². The quantitative estimate of drug-likeness (QED) is 0.414. The first-order chi connectivity index (χ1) is 12.1. The molecule has 0 radical (unpaired) electrons. The molecule has 0 bridgehead atoms. The van der Waals surface area contributed by atoms with Gasteiger partial charge in [-0.2, -0.15) is 0 Å². The molecule has 1 aromatic carbocycles. The molecule has 0 nitrogen and oxygen atoms in total. The van der Waals surface area contributed by atoms with Crippen molar-refractivity contribution in [2.75, 3.05) is 0 Å². The summed E-state index contributed by atoms with van der Waals surface area (Å²) < 4.78 is 7.95. The molecule has 145 valence electrons. The molecule has 0 aromatic heterocycles. The van der Waals surface area contributed by atoms with Crippen molar-refractivity contribution in [3.05, 3.63) is 79.7 Å². The van der Waals surface area contributed by atoms with E-state index >= 15 is 0 Å². The van der Waals surface area contributed by atoms with Gasteiger partial charge < -0.3 is 0 Å². The van der Waals surface area contributed by atoms with E-state index in [-0.39, 0.29) is 24.8 Å². The third-order valence-corrected chi connectivity index (χ3v) is 17.5. The second-order valence-corrected chi connectivity index (χ2v) is 18.4. The zero-order valence-corrected chi connectivity index (χ0v) is 20.7. The van der Waals surface area contributed by atoms with Gasteiger partial charge in [0.05, 0.1) is 0 Å². The number of rotatable bonds is 3. The fourth-order valence-corrected chi connectivity index (χ4v) is 15.6. The van der Waals surface area contributed by atoms with Gasteiger partial charge in [0.1, 0.15) is 0 Å². The Morgan fingerprint density at radius 1 is 1.00 bits per heavy atom. The summed E-state index contributed by atoms with van der Waals surface area (Å²) in [6.07, 6.45) is 14.3. The smallest absolute Gasteiger partial charge is 0.147 e. The molecule has 1 aromatic rings. The van der Waals surface area contributed by atoms with Gasteiger partial charge in [-0.1, -0.05) is 0 Å². The normalized spacial score (nSPS) is 23.2. The Hall–Kier alpha value is -0.487. The van der Waals surface area contributed by atoms with Crippen LogP contribution in [0.15, 0.2) is 74.1 Å². The Labute approximate surface area is 181 Å². The van der Waals surface area contributed by atoms with E-state index < -0.39 is 19.8 Å². The van der Waals surface area contributed by atoms with Crippen LogP contribution in [0.2, 0.25) is 8.26 Å². The van der Waals surface area contributed by atoms with E-state index in [9.17, 15) is 0 Å². The number of allylic oxidation sites excluding steroid dienone is 8. The van der Waals surface area contributed by atoms with Crippen molar-refractivity contribution in [2.24, 2.45) is 0 Å². The van der Waals surface area contributed by atoms with E-state index in [1.54, 1.807) is 20.0 Å². The van der Waals surface area contributed by atoms with Crippen molar-refractivity contribution in [2.45, 2.75) is 54.2 Å². The molecule has 0 amide bonds. The van der Waals surface area contributed by atoms with E-state index in [1.807, 2.05) is 0 Å². The zero-order valence-electron chi connectivity index (χ0n) is 16.6. The topological polar surface area (TPSA) is 0 Å². The van der Waals surface area contributed by atoms with Crippen molar-refractivity contribution in [1.29, 1.82) is 0 Å². The first-order valence-electron chi connectivity index (χ1n) is 9.76. The molecule has 0 saturated heterocycles. The van der Waals surface area contributed by atoms with E-state index in [0.29, 0.717) is 0 Å². The molecule has 2 atom stereocenters. The Kier molecular flexibility index (Phi) is 7.89. The number of benzene rings is 1. The molecule has 27 heavy (non-hydrogen) atoms.